The van der Waals surface area contributed by atoms with E-state index >= 15 is 0 Å². The maximum absolute atomic E-state index is 5.39. The van der Waals surface area contributed by atoms with E-state index < -0.39 is 0 Å². The Kier molecular flexibility index (Phi) is 5.49. The maximum atomic E-state index is 5.39. The number of ether oxygens (including phenoxy) is 1. The van der Waals surface area contributed by atoms with Gasteiger partial charge in [0, 0.05) is 19.3 Å². The van der Waals surface area contributed by atoms with Crippen molar-refractivity contribution in [1.82, 2.24) is 0 Å². The fourth-order valence-corrected chi connectivity index (χ4v) is 1.69. The Morgan fingerprint density at radius 3 is 2.35 bits per heavy atom. The third kappa shape index (κ3) is 5.22. The molecule has 0 atom stereocenters. The van der Waals surface area contributed by atoms with E-state index in [-0.39, 0.29) is 5.60 Å². The molecule has 0 saturated carbocycles. The summed E-state index contributed by atoms with van der Waals surface area (Å²) in [4.78, 5) is 0. The molecular weight excluding hydrogens is 210 g/mol. The zero-order chi connectivity index (χ0) is 12.7. The average molecular weight is 235 g/mol. The summed E-state index contributed by atoms with van der Waals surface area (Å²) in [5, 5.41) is 3.42. The van der Waals surface area contributed by atoms with Crippen LogP contribution in [0.25, 0.3) is 0 Å². The van der Waals surface area contributed by atoms with Gasteiger partial charge in [-0.25, -0.2) is 0 Å². The number of benzene rings is 1. The summed E-state index contributed by atoms with van der Waals surface area (Å²) in [6.07, 6.45) is 3.37. The molecular formula is C15H25NO. The van der Waals surface area contributed by atoms with Crippen LogP contribution in [0.2, 0.25) is 0 Å². The number of aryl methyl sites for hydroxylation is 1. The molecule has 1 aromatic rings. The fraction of sp³-hybridized carbons (Fsp3) is 0.600. The number of rotatable bonds is 7. The molecule has 0 aliphatic heterocycles. The molecule has 0 aliphatic carbocycles. The van der Waals surface area contributed by atoms with E-state index in [4.69, 9.17) is 4.74 Å². The van der Waals surface area contributed by atoms with Crippen molar-refractivity contribution in [1.29, 1.82) is 0 Å². The van der Waals surface area contributed by atoms with Gasteiger partial charge < -0.3 is 10.1 Å². The van der Waals surface area contributed by atoms with E-state index in [1.807, 2.05) is 0 Å². The predicted octanol–water partition coefficient (Wildman–Crippen LogP) is 3.87. The summed E-state index contributed by atoms with van der Waals surface area (Å²) in [5.74, 6) is 0. The minimum absolute atomic E-state index is 0.0465. The number of hydrogen-bond donors (Lipinski definition) is 1. The van der Waals surface area contributed by atoms with Crippen LogP contribution in [-0.4, -0.2) is 19.3 Å². The molecule has 0 heterocycles. The highest BCUT2D eigenvalue weighted by molar-refractivity contribution is 5.44. The van der Waals surface area contributed by atoms with Crippen molar-refractivity contribution in [2.75, 3.05) is 19.0 Å². The third-order valence-electron chi connectivity index (χ3n) is 3.10. The highest BCUT2D eigenvalue weighted by atomic mass is 16.5. The van der Waals surface area contributed by atoms with Crippen molar-refractivity contribution < 1.29 is 4.74 Å². The predicted molar refractivity (Wildman–Crippen MR) is 74.6 cm³/mol. The average Bonchev–Trinajstić information content (AvgIpc) is 2.32. The van der Waals surface area contributed by atoms with Gasteiger partial charge in [-0.1, -0.05) is 25.5 Å². The van der Waals surface area contributed by atoms with Crippen LogP contribution in [0, 0.1) is 0 Å². The van der Waals surface area contributed by atoms with Crippen LogP contribution in [0.4, 0.5) is 5.69 Å². The van der Waals surface area contributed by atoms with Crippen LogP contribution in [-0.2, 0) is 11.2 Å². The highest BCUT2D eigenvalue weighted by Gasteiger charge is 2.14. The zero-order valence-corrected chi connectivity index (χ0v) is 11.5. The van der Waals surface area contributed by atoms with E-state index in [1.165, 1.54) is 17.7 Å². The van der Waals surface area contributed by atoms with Crippen molar-refractivity contribution in [3.8, 4) is 0 Å². The van der Waals surface area contributed by atoms with Crippen LogP contribution < -0.4 is 5.32 Å². The molecule has 96 valence electrons. The molecule has 0 amide bonds. The van der Waals surface area contributed by atoms with Gasteiger partial charge in [0.25, 0.3) is 0 Å². The van der Waals surface area contributed by atoms with Crippen molar-refractivity contribution in [3.63, 3.8) is 0 Å². The lowest BCUT2D eigenvalue weighted by molar-refractivity contribution is 0.0185. The molecule has 0 aliphatic rings. The van der Waals surface area contributed by atoms with Crippen LogP contribution in [0.15, 0.2) is 24.3 Å². The van der Waals surface area contributed by atoms with Gasteiger partial charge in [0.1, 0.15) is 0 Å². The molecule has 0 saturated heterocycles. The van der Waals surface area contributed by atoms with Crippen molar-refractivity contribution in [2.45, 2.75) is 45.6 Å². The van der Waals surface area contributed by atoms with Gasteiger partial charge in [-0.05, 0) is 44.4 Å². The van der Waals surface area contributed by atoms with E-state index in [2.05, 4.69) is 50.4 Å². The highest BCUT2D eigenvalue weighted by Crippen LogP contribution is 2.15. The topological polar surface area (TPSA) is 21.3 Å². The van der Waals surface area contributed by atoms with Crippen LogP contribution in [0.3, 0.4) is 0 Å². The van der Waals surface area contributed by atoms with Gasteiger partial charge in [0.2, 0.25) is 0 Å². The first-order valence-corrected chi connectivity index (χ1v) is 6.45. The minimum Gasteiger partial charge on any atom is -0.385 e. The Labute approximate surface area is 105 Å². The van der Waals surface area contributed by atoms with E-state index in [0.29, 0.717) is 0 Å². The third-order valence-corrected chi connectivity index (χ3v) is 3.10. The van der Waals surface area contributed by atoms with Gasteiger partial charge in [-0.15, -0.1) is 0 Å². The minimum atomic E-state index is -0.0465. The first-order chi connectivity index (χ1) is 8.07. The molecule has 2 heteroatoms. The molecule has 0 aromatic heterocycles. The van der Waals surface area contributed by atoms with Crippen molar-refractivity contribution >= 4 is 5.69 Å². The Balaban J connectivity index is 2.37. The Hall–Kier alpha value is -1.02. The molecule has 0 bridgehead atoms. The van der Waals surface area contributed by atoms with E-state index in [1.54, 1.807) is 7.11 Å². The van der Waals surface area contributed by atoms with Gasteiger partial charge in [-0.3, -0.25) is 0 Å². The SMILES string of the molecule is CCCc1ccc(NCCC(C)(C)OC)cc1. The lowest BCUT2D eigenvalue weighted by Gasteiger charge is -2.23. The zero-order valence-electron chi connectivity index (χ0n) is 11.5. The lowest BCUT2D eigenvalue weighted by atomic mass is 10.1. The van der Waals surface area contributed by atoms with Crippen molar-refractivity contribution in [3.05, 3.63) is 29.8 Å². The largest absolute Gasteiger partial charge is 0.385 e. The van der Waals surface area contributed by atoms with Gasteiger partial charge in [0.05, 0.1) is 5.60 Å². The molecule has 0 radical (unpaired) electrons. The number of hydrogen-bond acceptors (Lipinski definition) is 2. The Morgan fingerprint density at radius 2 is 1.82 bits per heavy atom. The molecule has 0 fully saturated rings. The fourth-order valence-electron chi connectivity index (χ4n) is 1.69. The first-order valence-electron chi connectivity index (χ1n) is 6.45. The summed E-state index contributed by atoms with van der Waals surface area (Å²) in [6.45, 7) is 7.37. The van der Waals surface area contributed by atoms with Crippen LogP contribution >= 0.6 is 0 Å². The number of methoxy groups -OCH3 is 1. The van der Waals surface area contributed by atoms with Crippen molar-refractivity contribution in [2.24, 2.45) is 0 Å². The summed E-state index contributed by atoms with van der Waals surface area (Å²) >= 11 is 0. The normalized spacial score (nSPS) is 11.5. The Bertz CT molecular complexity index is 316. The van der Waals surface area contributed by atoms with Gasteiger partial charge >= 0.3 is 0 Å². The first kappa shape index (κ1) is 14.0. The number of anilines is 1. The van der Waals surface area contributed by atoms with E-state index in [9.17, 15) is 0 Å². The molecule has 17 heavy (non-hydrogen) atoms. The van der Waals surface area contributed by atoms with Crippen LogP contribution in [0.5, 0.6) is 0 Å². The second-order valence-corrected chi connectivity index (χ2v) is 5.09. The second-order valence-electron chi connectivity index (χ2n) is 5.09. The quantitative estimate of drug-likeness (QED) is 0.774. The molecule has 1 aromatic carbocycles. The second kappa shape index (κ2) is 6.65. The van der Waals surface area contributed by atoms with Gasteiger partial charge in [0.15, 0.2) is 0 Å². The smallest absolute Gasteiger partial charge is 0.0639 e. The summed E-state index contributed by atoms with van der Waals surface area (Å²) in [6, 6.07) is 8.72. The molecule has 1 rings (SSSR count). The molecule has 0 spiro atoms. The maximum Gasteiger partial charge on any atom is 0.0639 e. The van der Waals surface area contributed by atoms with E-state index in [0.717, 1.165) is 19.4 Å². The Morgan fingerprint density at radius 1 is 1.18 bits per heavy atom. The monoisotopic (exact) mass is 235 g/mol. The standard InChI is InChI=1S/C15H25NO/c1-5-6-13-7-9-14(10-8-13)16-12-11-15(2,3)17-4/h7-10,16H,5-6,11-12H2,1-4H3. The molecule has 0 unspecified atom stereocenters. The van der Waals surface area contributed by atoms with Gasteiger partial charge in [-0.2, -0.15) is 0 Å². The summed E-state index contributed by atoms with van der Waals surface area (Å²) < 4.78 is 5.39. The lowest BCUT2D eigenvalue weighted by Crippen LogP contribution is -2.25. The molecule has 2 nitrogen and oxygen atoms in total. The summed E-state index contributed by atoms with van der Waals surface area (Å²) in [7, 11) is 1.76. The van der Waals surface area contributed by atoms with Crippen LogP contribution in [0.1, 0.15) is 39.2 Å². The molecule has 1 N–H and O–H groups in total. The summed E-state index contributed by atoms with van der Waals surface area (Å²) in [5.41, 5.74) is 2.56. The number of nitrogens with one attached hydrogen (secondary N) is 1.